The fraction of sp³-hybridized carbons (Fsp3) is 0.688. The van der Waals surface area contributed by atoms with Crippen molar-refractivity contribution in [2.24, 2.45) is 11.8 Å². The van der Waals surface area contributed by atoms with Crippen LogP contribution in [0.4, 0.5) is 0 Å². The molecule has 3 heteroatoms. The highest BCUT2D eigenvalue weighted by molar-refractivity contribution is 5.13. The van der Waals surface area contributed by atoms with Crippen molar-refractivity contribution in [1.29, 1.82) is 0 Å². The van der Waals surface area contributed by atoms with Crippen LogP contribution in [-0.2, 0) is 4.74 Å². The standard InChI is InChI=1S/C16H26N2O/c1-10-12(3)19-13(4)15(10)16(17-5)11(2)14-8-6-7-9-18-14/h6-13,15-17H,1-5H3. The molecule has 1 aliphatic heterocycles. The fourth-order valence-electron chi connectivity index (χ4n) is 3.52. The summed E-state index contributed by atoms with van der Waals surface area (Å²) in [5.74, 6) is 1.48. The lowest BCUT2D eigenvalue weighted by molar-refractivity contribution is 0.0468. The zero-order chi connectivity index (χ0) is 14.0. The predicted octanol–water partition coefficient (Wildman–Crippen LogP) is 2.83. The molecule has 2 rings (SSSR count). The first-order valence-electron chi connectivity index (χ1n) is 7.30. The van der Waals surface area contributed by atoms with E-state index in [4.69, 9.17) is 4.74 Å². The molecule has 1 N–H and O–H groups in total. The Labute approximate surface area is 116 Å². The molecule has 0 aliphatic carbocycles. The van der Waals surface area contributed by atoms with Gasteiger partial charge in [-0.1, -0.05) is 19.9 Å². The molecule has 1 fully saturated rings. The molecular formula is C16H26N2O. The molecule has 3 nitrogen and oxygen atoms in total. The smallest absolute Gasteiger partial charge is 0.0597 e. The van der Waals surface area contributed by atoms with E-state index in [1.165, 1.54) is 0 Å². The maximum absolute atomic E-state index is 5.99. The summed E-state index contributed by atoms with van der Waals surface area (Å²) in [6, 6.07) is 6.54. The summed E-state index contributed by atoms with van der Waals surface area (Å²) in [7, 11) is 2.05. The van der Waals surface area contributed by atoms with Gasteiger partial charge < -0.3 is 10.1 Å². The second-order valence-electron chi connectivity index (χ2n) is 5.84. The average molecular weight is 262 g/mol. The van der Waals surface area contributed by atoms with E-state index in [1.54, 1.807) is 0 Å². The minimum Gasteiger partial charge on any atom is -0.375 e. The molecular weight excluding hydrogens is 236 g/mol. The average Bonchev–Trinajstić information content (AvgIpc) is 2.67. The Kier molecular flexibility index (Phi) is 4.58. The topological polar surface area (TPSA) is 34.2 Å². The highest BCUT2D eigenvalue weighted by atomic mass is 16.5. The van der Waals surface area contributed by atoms with E-state index in [1.807, 2.05) is 19.3 Å². The summed E-state index contributed by atoms with van der Waals surface area (Å²) in [6.45, 7) is 8.93. The van der Waals surface area contributed by atoms with Gasteiger partial charge in [0.2, 0.25) is 0 Å². The number of rotatable bonds is 4. The zero-order valence-corrected chi connectivity index (χ0v) is 12.6. The van der Waals surface area contributed by atoms with Crippen molar-refractivity contribution in [2.75, 3.05) is 7.05 Å². The van der Waals surface area contributed by atoms with Gasteiger partial charge in [-0.3, -0.25) is 4.98 Å². The first kappa shape index (κ1) is 14.5. The van der Waals surface area contributed by atoms with Crippen LogP contribution >= 0.6 is 0 Å². The van der Waals surface area contributed by atoms with Crippen LogP contribution in [0.15, 0.2) is 24.4 Å². The Balaban J connectivity index is 2.20. The second kappa shape index (κ2) is 6.02. The number of ether oxygens (including phenoxy) is 1. The highest BCUT2D eigenvalue weighted by Gasteiger charge is 2.43. The minimum atomic E-state index is 0.300. The lowest BCUT2D eigenvalue weighted by atomic mass is 9.77. The number of pyridine rings is 1. The van der Waals surface area contributed by atoms with Crippen molar-refractivity contribution < 1.29 is 4.74 Å². The summed E-state index contributed by atoms with van der Waals surface area (Å²) in [5.41, 5.74) is 1.15. The molecule has 106 valence electrons. The van der Waals surface area contributed by atoms with E-state index < -0.39 is 0 Å². The van der Waals surface area contributed by atoms with E-state index in [0.29, 0.717) is 36.0 Å². The van der Waals surface area contributed by atoms with Crippen molar-refractivity contribution in [3.8, 4) is 0 Å². The van der Waals surface area contributed by atoms with E-state index in [0.717, 1.165) is 5.69 Å². The molecule has 0 spiro atoms. The van der Waals surface area contributed by atoms with Crippen LogP contribution in [0, 0.1) is 11.8 Å². The van der Waals surface area contributed by atoms with E-state index in [2.05, 4.69) is 50.1 Å². The molecule has 0 saturated carbocycles. The Morgan fingerprint density at radius 1 is 1.21 bits per heavy atom. The number of hydrogen-bond donors (Lipinski definition) is 1. The molecule has 1 saturated heterocycles. The number of aromatic nitrogens is 1. The van der Waals surface area contributed by atoms with Crippen molar-refractivity contribution >= 4 is 0 Å². The van der Waals surface area contributed by atoms with Crippen molar-refractivity contribution in [1.82, 2.24) is 10.3 Å². The third-order valence-corrected chi connectivity index (χ3v) is 4.76. The van der Waals surface area contributed by atoms with Gasteiger partial charge in [0.25, 0.3) is 0 Å². The minimum absolute atomic E-state index is 0.300. The molecule has 1 aromatic rings. The van der Waals surface area contributed by atoms with Crippen molar-refractivity contribution in [3.63, 3.8) is 0 Å². The number of nitrogens with zero attached hydrogens (tertiary/aromatic N) is 1. The number of nitrogens with one attached hydrogen (secondary N) is 1. The summed E-state index contributed by atoms with van der Waals surface area (Å²) >= 11 is 0. The number of hydrogen-bond acceptors (Lipinski definition) is 3. The first-order chi connectivity index (χ1) is 9.06. The highest BCUT2D eigenvalue weighted by Crippen LogP contribution is 2.38. The SMILES string of the molecule is CNC(C(C)c1ccccn1)C1C(C)OC(C)C1C. The summed E-state index contributed by atoms with van der Waals surface area (Å²) in [5, 5.41) is 3.50. The Hall–Kier alpha value is -0.930. The third kappa shape index (κ3) is 2.82. The van der Waals surface area contributed by atoms with Gasteiger partial charge in [0.1, 0.15) is 0 Å². The molecule has 19 heavy (non-hydrogen) atoms. The molecule has 0 radical (unpaired) electrons. The van der Waals surface area contributed by atoms with Crippen LogP contribution in [-0.4, -0.2) is 30.3 Å². The molecule has 1 aromatic heterocycles. The van der Waals surface area contributed by atoms with E-state index in [-0.39, 0.29) is 0 Å². The maximum Gasteiger partial charge on any atom is 0.0597 e. The lowest BCUT2D eigenvalue weighted by Gasteiger charge is -2.33. The van der Waals surface area contributed by atoms with Crippen LogP contribution in [0.1, 0.15) is 39.3 Å². The quantitative estimate of drug-likeness (QED) is 0.906. The molecule has 6 unspecified atom stereocenters. The zero-order valence-electron chi connectivity index (χ0n) is 12.6. The van der Waals surface area contributed by atoms with Crippen LogP contribution in [0.2, 0.25) is 0 Å². The normalized spacial score (nSPS) is 34.2. The molecule has 1 aliphatic rings. The molecule has 0 amide bonds. The second-order valence-corrected chi connectivity index (χ2v) is 5.84. The lowest BCUT2D eigenvalue weighted by Crippen LogP contribution is -2.43. The van der Waals surface area contributed by atoms with Crippen LogP contribution < -0.4 is 5.32 Å². The van der Waals surface area contributed by atoms with Gasteiger partial charge in [0.05, 0.1) is 12.2 Å². The van der Waals surface area contributed by atoms with Crippen LogP contribution in [0.25, 0.3) is 0 Å². The fourth-order valence-corrected chi connectivity index (χ4v) is 3.52. The Morgan fingerprint density at radius 2 is 1.95 bits per heavy atom. The van der Waals surface area contributed by atoms with E-state index in [9.17, 15) is 0 Å². The van der Waals surface area contributed by atoms with Gasteiger partial charge in [0, 0.05) is 29.8 Å². The summed E-state index contributed by atoms with van der Waals surface area (Å²) < 4.78 is 5.99. The van der Waals surface area contributed by atoms with Crippen LogP contribution in [0.5, 0.6) is 0 Å². The van der Waals surface area contributed by atoms with Gasteiger partial charge in [-0.25, -0.2) is 0 Å². The Bertz CT molecular complexity index is 395. The largest absolute Gasteiger partial charge is 0.375 e. The molecule has 0 aromatic carbocycles. The van der Waals surface area contributed by atoms with Gasteiger partial charge in [-0.05, 0) is 38.9 Å². The van der Waals surface area contributed by atoms with Gasteiger partial charge in [0.15, 0.2) is 0 Å². The predicted molar refractivity (Wildman–Crippen MR) is 78.2 cm³/mol. The maximum atomic E-state index is 5.99. The summed E-state index contributed by atoms with van der Waals surface area (Å²) in [4.78, 5) is 4.51. The summed E-state index contributed by atoms with van der Waals surface area (Å²) in [6.07, 6.45) is 2.51. The third-order valence-electron chi connectivity index (χ3n) is 4.76. The molecule has 2 heterocycles. The monoisotopic (exact) mass is 262 g/mol. The van der Waals surface area contributed by atoms with Gasteiger partial charge in [-0.15, -0.1) is 0 Å². The molecule has 0 bridgehead atoms. The number of likely N-dealkylation sites (N-methyl/N-ethyl adjacent to an activating group) is 1. The van der Waals surface area contributed by atoms with Gasteiger partial charge in [-0.2, -0.15) is 0 Å². The van der Waals surface area contributed by atoms with Crippen molar-refractivity contribution in [2.45, 2.75) is 51.9 Å². The van der Waals surface area contributed by atoms with Crippen molar-refractivity contribution in [3.05, 3.63) is 30.1 Å². The first-order valence-corrected chi connectivity index (χ1v) is 7.30. The van der Waals surface area contributed by atoms with Crippen LogP contribution in [0.3, 0.4) is 0 Å². The molecule has 6 atom stereocenters. The Morgan fingerprint density at radius 3 is 2.42 bits per heavy atom. The van der Waals surface area contributed by atoms with Gasteiger partial charge >= 0.3 is 0 Å². The van der Waals surface area contributed by atoms with E-state index >= 15 is 0 Å².